The van der Waals surface area contributed by atoms with Gasteiger partial charge in [0.2, 0.25) is 23.6 Å². The second-order valence-electron chi connectivity index (χ2n) is 8.49. The zero-order valence-corrected chi connectivity index (χ0v) is 20.9. The molecule has 0 bridgehead atoms. The van der Waals surface area contributed by atoms with E-state index in [4.69, 9.17) is 11.5 Å². The molecule has 4 amide bonds. The molecule has 1 rings (SSSR count). The Morgan fingerprint density at radius 1 is 1.06 bits per heavy atom. The number of carboxylic acids is 1. The number of amides is 4. The normalized spacial score (nSPS) is 14.4. The third-order valence-corrected chi connectivity index (χ3v) is 5.58. The Bertz CT molecular complexity index is 864. The Labute approximate surface area is 207 Å². The molecule has 0 aliphatic rings. The van der Waals surface area contributed by atoms with E-state index in [1.54, 1.807) is 6.26 Å². The summed E-state index contributed by atoms with van der Waals surface area (Å²) in [7, 11) is 0. The SMILES string of the molecule is CSCCC(NC(=O)C(Cc1cnc[nH]1)NC(=O)C(N)CC(C)C)C(=O)NC(CC(N)=O)C(=O)O. The Kier molecular flexibility index (Phi) is 12.8. The number of aromatic amines is 1. The van der Waals surface area contributed by atoms with Crippen LogP contribution in [0.2, 0.25) is 0 Å². The van der Waals surface area contributed by atoms with Gasteiger partial charge in [-0.2, -0.15) is 11.8 Å². The average Bonchev–Trinajstić information content (AvgIpc) is 3.27. The average molecular weight is 514 g/mol. The third kappa shape index (κ3) is 11.2. The second-order valence-corrected chi connectivity index (χ2v) is 9.48. The van der Waals surface area contributed by atoms with Crippen molar-refractivity contribution in [2.24, 2.45) is 17.4 Å². The van der Waals surface area contributed by atoms with Crippen molar-refractivity contribution in [2.45, 2.75) is 63.7 Å². The van der Waals surface area contributed by atoms with Crippen LogP contribution in [0.3, 0.4) is 0 Å². The zero-order chi connectivity index (χ0) is 26.5. The van der Waals surface area contributed by atoms with Gasteiger partial charge in [0.1, 0.15) is 18.1 Å². The van der Waals surface area contributed by atoms with Crippen molar-refractivity contribution in [2.75, 3.05) is 12.0 Å². The summed E-state index contributed by atoms with van der Waals surface area (Å²) in [6.07, 6.45) is 4.79. The number of nitrogens with one attached hydrogen (secondary N) is 4. The number of nitrogens with two attached hydrogens (primary N) is 2. The summed E-state index contributed by atoms with van der Waals surface area (Å²) < 4.78 is 0. The quantitative estimate of drug-likeness (QED) is 0.136. The van der Waals surface area contributed by atoms with E-state index in [2.05, 4.69) is 25.9 Å². The number of nitrogens with zero attached hydrogens (tertiary/aromatic N) is 1. The lowest BCUT2D eigenvalue weighted by Gasteiger charge is -2.25. The molecule has 0 spiro atoms. The zero-order valence-electron chi connectivity index (χ0n) is 20.1. The first kappa shape index (κ1) is 29.9. The van der Waals surface area contributed by atoms with Crippen molar-refractivity contribution in [3.63, 3.8) is 0 Å². The van der Waals surface area contributed by atoms with Gasteiger partial charge in [0.05, 0.1) is 18.8 Å². The van der Waals surface area contributed by atoms with Crippen LogP contribution in [0.15, 0.2) is 12.5 Å². The maximum Gasteiger partial charge on any atom is 0.326 e. The van der Waals surface area contributed by atoms with E-state index < -0.39 is 60.2 Å². The summed E-state index contributed by atoms with van der Waals surface area (Å²) in [6.45, 7) is 3.83. The molecule has 13 nitrogen and oxygen atoms in total. The second kappa shape index (κ2) is 15.0. The van der Waals surface area contributed by atoms with Crippen molar-refractivity contribution >= 4 is 41.4 Å². The minimum atomic E-state index is -1.54. The number of carbonyl (C=O) groups excluding carboxylic acids is 4. The summed E-state index contributed by atoms with van der Waals surface area (Å²) in [5, 5.41) is 16.7. The molecule has 35 heavy (non-hydrogen) atoms. The molecule has 0 fully saturated rings. The monoisotopic (exact) mass is 513 g/mol. The van der Waals surface area contributed by atoms with E-state index in [0.717, 1.165) is 0 Å². The van der Waals surface area contributed by atoms with E-state index in [1.807, 2.05) is 13.8 Å². The fourth-order valence-electron chi connectivity index (χ4n) is 3.17. The number of carbonyl (C=O) groups is 5. The van der Waals surface area contributed by atoms with Crippen molar-refractivity contribution in [1.82, 2.24) is 25.9 Å². The maximum absolute atomic E-state index is 13.1. The highest BCUT2D eigenvalue weighted by atomic mass is 32.2. The van der Waals surface area contributed by atoms with Crippen LogP contribution < -0.4 is 27.4 Å². The molecule has 196 valence electrons. The van der Waals surface area contributed by atoms with Gasteiger partial charge in [-0.05, 0) is 30.8 Å². The number of thioether (sulfide) groups is 1. The summed E-state index contributed by atoms with van der Waals surface area (Å²) >= 11 is 1.42. The number of carboxylic acid groups (broad SMARTS) is 1. The van der Waals surface area contributed by atoms with Gasteiger partial charge in [-0.25, -0.2) is 9.78 Å². The van der Waals surface area contributed by atoms with Crippen LogP contribution in [0.1, 0.15) is 38.8 Å². The molecule has 1 heterocycles. The van der Waals surface area contributed by atoms with Gasteiger partial charge in [0, 0.05) is 18.3 Å². The van der Waals surface area contributed by atoms with Crippen LogP contribution in [-0.2, 0) is 30.4 Å². The van der Waals surface area contributed by atoms with Crippen LogP contribution in [0, 0.1) is 5.92 Å². The summed E-state index contributed by atoms with van der Waals surface area (Å²) in [4.78, 5) is 67.9. The van der Waals surface area contributed by atoms with Crippen molar-refractivity contribution in [3.8, 4) is 0 Å². The van der Waals surface area contributed by atoms with Crippen LogP contribution >= 0.6 is 11.8 Å². The fourth-order valence-corrected chi connectivity index (χ4v) is 3.64. The van der Waals surface area contributed by atoms with Gasteiger partial charge >= 0.3 is 5.97 Å². The van der Waals surface area contributed by atoms with Gasteiger partial charge in [0.25, 0.3) is 0 Å². The molecule has 0 radical (unpaired) electrons. The lowest BCUT2D eigenvalue weighted by atomic mass is 10.0. The van der Waals surface area contributed by atoms with Crippen molar-refractivity contribution in [3.05, 3.63) is 18.2 Å². The molecule has 9 N–H and O–H groups in total. The van der Waals surface area contributed by atoms with E-state index >= 15 is 0 Å². The third-order valence-electron chi connectivity index (χ3n) is 4.94. The minimum absolute atomic E-state index is 0.0578. The van der Waals surface area contributed by atoms with Gasteiger partial charge in [0.15, 0.2) is 0 Å². The molecule has 0 aromatic carbocycles. The van der Waals surface area contributed by atoms with Gasteiger partial charge < -0.3 is 37.5 Å². The molecule has 1 aromatic rings. The summed E-state index contributed by atoms with van der Waals surface area (Å²) in [5.74, 6) is -3.66. The largest absolute Gasteiger partial charge is 0.480 e. The van der Waals surface area contributed by atoms with E-state index in [1.165, 1.54) is 24.3 Å². The topological polar surface area (TPSA) is 222 Å². The molecule has 4 unspecified atom stereocenters. The lowest BCUT2D eigenvalue weighted by molar-refractivity contribution is -0.143. The molecule has 0 saturated carbocycles. The number of rotatable bonds is 16. The Balaban J connectivity index is 3.03. The first-order chi connectivity index (χ1) is 16.4. The number of H-pyrrole nitrogens is 1. The molecule has 0 aliphatic carbocycles. The van der Waals surface area contributed by atoms with E-state index in [-0.39, 0.29) is 18.8 Å². The number of aliphatic carboxylic acids is 1. The highest BCUT2D eigenvalue weighted by molar-refractivity contribution is 7.98. The number of primary amides is 1. The first-order valence-electron chi connectivity index (χ1n) is 11.1. The van der Waals surface area contributed by atoms with Crippen molar-refractivity contribution < 1.29 is 29.1 Å². The lowest BCUT2D eigenvalue weighted by Crippen LogP contribution is -2.58. The van der Waals surface area contributed by atoms with Crippen LogP contribution in [0.5, 0.6) is 0 Å². The summed E-state index contributed by atoms with van der Waals surface area (Å²) in [6, 6.07) is -4.56. The van der Waals surface area contributed by atoms with Crippen LogP contribution in [-0.4, -0.2) is 80.8 Å². The summed E-state index contributed by atoms with van der Waals surface area (Å²) in [5.41, 5.74) is 11.6. The predicted molar refractivity (Wildman–Crippen MR) is 130 cm³/mol. The number of imidazole rings is 1. The highest BCUT2D eigenvalue weighted by Gasteiger charge is 2.31. The molecule has 0 saturated heterocycles. The highest BCUT2D eigenvalue weighted by Crippen LogP contribution is 2.07. The van der Waals surface area contributed by atoms with Crippen LogP contribution in [0.4, 0.5) is 0 Å². The smallest absolute Gasteiger partial charge is 0.326 e. The van der Waals surface area contributed by atoms with Gasteiger partial charge in [-0.15, -0.1) is 0 Å². The fraction of sp³-hybridized carbons (Fsp3) is 0.619. The van der Waals surface area contributed by atoms with E-state index in [0.29, 0.717) is 17.9 Å². The van der Waals surface area contributed by atoms with Gasteiger partial charge in [-0.3, -0.25) is 19.2 Å². The van der Waals surface area contributed by atoms with Crippen LogP contribution in [0.25, 0.3) is 0 Å². The number of hydrogen-bond acceptors (Lipinski definition) is 8. The standard InChI is InChI=1S/C21H35N7O6S/c1-11(2)6-13(22)18(30)27-15(7-12-9-24-10-25-12)20(32)26-14(4-5-35-3)19(31)28-16(21(33)34)8-17(23)29/h9-11,13-16H,4-8,22H2,1-3H3,(H2,23,29)(H,24,25)(H,26,32)(H,27,30)(H,28,31)(H,33,34). The number of hydrogen-bond donors (Lipinski definition) is 7. The Hall–Kier alpha value is -3.13. The molecular formula is C21H35N7O6S. The Morgan fingerprint density at radius 2 is 1.66 bits per heavy atom. The minimum Gasteiger partial charge on any atom is -0.480 e. The molecule has 4 atom stereocenters. The predicted octanol–water partition coefficient (Wildman–Crippen LogP) is -1.51. The van der Waals surface area contributed by atoms with E-state index in [9.17, 15) is 29.1 Å². The van der Waals surface area contributed by atoms with Crippen molar-refractivity contribution in [1.29, 1.82) is 0 Å². The molecule has 0 aliphatic heterocycles. The molecule has 14 heteroatoms. The maximum atomic E-state index is 13.1. The first-order valence-corrected chi connectivity index (χ1v) is 12.5. The molecule has 1 aromatic heterocycles. The number of aromatic nitrogens is 2. The Morgan fingerprint density at radius 3 is 2.17 bits per heavy atom. The van der Waals surface area contributed by atoms with Gasteiger partial charge in [-0.1, -0.05) is 13.8 Å². The molecular weight excluding hydrogens is 478 g/mol.